The molecule has 0 radical (unpaired) electrons. The van der Waals surface area contributed by atoms with E-state index in [0.717, 1.165) is 17.9 Å². The van der Waals surface area contributed by atoms with Crippen LogP contribution in [0.5, 0.6) is 11.5 Å². The smallest absolute Gasteiger partial charge is 0.415 e. The van der Waals surface area contributed by atoms with Gasteiger partial charge >= 0.3 is 6.09 Å². The Balaban J connectivity index is 1.74. The van der Waals surface area contributed by atoms with Crippen LogP contribution in [0.15, 0.2) is 54.6 Å². The summed E-state index contributed by atoms with van der Waals surface area (Å²) < 4.78 is 10.9. The number of hydrogen-bond acceptors (Lipinski definition) is 4. The molecule has 0 N–H and O–H groups in total. The lowest BCUT2D eigenvalue weighted by molar-refractivity contribution is 0.0864. The van der Waals surface area contributed by atoms with Gasteiger partial charge < -0.3 is 14.4 Å². The largest absolute Gasteiger partial charge is 0.496 e. The van der Waals surface area contributed by atoms with Crippen LogP contribution in [-0.2, 0) is 0 Å². The molecule has 1 aliphatic heterocycles. The molecule has 0 aromatic heterocycles. The Bertz CT molecular complexity index is 690. The van der Waals surface area contributed by atoms with Crippen molar-refractivity contribution in [2.24, 2.45) is 0 Å². The Morgan fingerprint density at radius 2 is 1.75 bits per heavy atom. The summed E-state index contributed by atoms with van der Waals surface area (Å²) in [5.74, 6) is 1.41. The standard InChI is InChI=1S/C19H22N2O3/c1-20-12-13-21(19(22)24-15-8-4-3-5-9-15)14-17(20)16-10-6-7-11-18(16)23-2/h3-11,17H,12-14H2,1-2H3. The highest BCUT2D eigenvalue weighted by Gasteiger charge is 2.31. The fourth-order valence-electron chi connectivity index (χ4n) is 2.97. The maximum Gasteiger partial charge on any atom is 0.415 e. The van der Waals surface area contributed by atoms with Crippen molar-refractivity contribution in [1.82, 2.24) is 9.80 Å². The molecule has 0 saturated carbocycles. The summed E-state index contributed by atoms with van der Waals surface area (Å²) in [4.78, 5) is 16.5. The molecule has 1 heterocycles. The van der Waals surface area contributed by atoms with Gasteiger partial charge in [0.2, 0.25) is 0 Å². The van der Waals surface area contributed by atoms with Crippen molar-refractivity contribution in [1.29, 1.82) is 0 Å². The summed E-state index contributed by atoms with van der Waals surface area (Å²) in [6.07, 6.45) is -0.311. The van der Waals surface area contributed by atoms with E-state index in [1.54, 1.807) is 24.1 Å². The molecule has 1 amide bonds. The number of benzene rings is 2. The van der Waals surface area contributed by atoms with Crippen molar-refractivity contribution >= 4 is 6.09 Å². The van der Waals surface area contributed by atoms with Gasteiger partial charge in [0.25, 0.3) is 0 Å². The zero-order valence-electron chi connectivity index (χ0n) is 14.0. The van der Waals surface area contributed by atoms with Gasteiger partial charge in [0.15, 0.2) is 0 Å². The van der Waals surface area contributed by atoms with Crippen LogP contribution in [-0.4, -0.2) is 49.7 Å². The zero-order chi connectivity index (χ0) is 16.9. The van der Waals surface area contributed by atoms with Crippen molar-refractivity contribution in [3.8, 4) is 11.5 Å². The Hall–Kier alpha value is -2.53. The highest BCUT2D eigenvalue weighted by molar-refractivity contribution is 5.71. The lowest BCUT2D eigenvalue weighted by atomic mass is 10.0. The first-order valence-electron chi connectivity index (χ1n) is 8.04. The summed E-state index contributed by atoms with van der Waals surface area (Å²) in [7, 11) is 3.74. The topological polar surface area (TPSA) is 42.0 Å². The molecule has 0 spiro atoms. The van der Waals surface area contributed by atoms with Crippen LogP contribution in [0, 0.1) is 0 Å². The van der Waals surface area contributed by atoms with Gasteiger partial charge in [-0.25, -0.2) is 4.79 Å². The number of piperazine rings is 1. The first kappa shape index (κ1) is 16.3. The minimum absolute atomic E-state index is 0.0817. The lowest BCUT2D eigenvalue weighted by Crippen LogP contribution is -2.49. The SMILES string of the molecule is COc1ccccc1C1CN(C(=O)Oc2ccccc2)CCN1C. The molecule has 5 heteroatoms. The molecule has 0 bridgehead atoms. The molecule has 24 heavy (non-hydrogen) atoms. The van der Waals surface area contributed by atoms with E-state index in [-0.39, 0.29) is 12.1 Å². The van der Waals surface area contributed by atoms with Crippen molar-refractivity contribution in [2.45, 2.75) is 6.04 Å². The predicted octanol–water partition coefficient (Wildman–Crippen LogP) is 3.18. The molecule has 2 aromatic carbocycles. The summed E-state index contributed by atoms with van der Waals surface area (Å²) in [5.41, 5.74) is 1.08. The van der Waals surface area contributed by atoms with E-state index < -0.39 is 0 Å². The minimum Gasteiger partial charge on any atom is -0.496 e. The van der Waals surface area contributed by atoms with Crippen molar-refractivity contribution < 1.29 is 14.3 Å². The van der Waals surface area contributed by atoms with Crippen LogP contribution < -0.4 is 9.47 Å². The van der Waals surface area contributed by atoms with Crippen LogP contribution in [0.3, 0.4) is 0 Å². The molecule has 0 aliphatic carbocycles. The number of hydrogen-bond donors (Lipinski definition) is 0. The Kier molecular flexibility index (Phi) is 5.01. The Labute approximate surface area is 142 Å². The van der Waals surface area contributed by atoms with Gasteiger partial charge in [0.1, 0.15) is 11.5 Å². The first-order valence-corrected chi connectivity index (χ1v) is 8.04. The third-order valence-electron chi connectivity index (χ3n) is 4.35. The van der Waals surface area contributed by atoms with Crippen molar-refractivity contribution in [3.63, 3.8) is 0 Å². The highest BCUT2D eigenvalue weighted by atomic mass is 16.6. The van der Waals surface area contributed by atoms with Gasteiger partial charge in [0.05, 0.1) is 13.2 Å². The minimum atomic E-state index is -0.311. The second-order valence-corrected chi connectivity index (χ2v) is 5.87. The molecule has 5 nitrogen and oxygen atoms in total. The summed E-state index contributed by atoms with van der Waals surface area (Å²) in [6, 6.07) is 17.2. The van der Waals surface area contributed by atoms with Crippen molar-refractivity contribution in [2.75, 3.05) is 33.8 Å². The van der Waals surface area contributed by atoms with E-state index in [1.165, 1.54) is 0 Å². The zero-order valence-corrected chi connectivity index (χ0v) is 14.0. The maximum atomic E-state index is 12.5. The third kappa shape index (κ3) is 3.51. The summed E-state index contributed by atoms with van der Waals surface area (Å²) in [6.45, 7) is 2.00. The fraction of sp³-hybridized carbons (Fsp3) is 0.316. The number of amides is 1. The van der Waals surface area contributed by atoms with E-state index in [0.29, 0.717) is 18.8 Å². The second kappa shape index (κ2) is 7.36. The molecule has 1 aliphatic rings. The van der Waals surface area contributed by atoms with Gasteiger partial charge in [-0.15, -0.1) is 0 Å². The highest BCUT2D eigenvalue weighted by Crippen LogP contribution is 2.31. The monoisotopic (exact) mass is 326 g/mol. The molecule has 1 saturated heterocycles. The predicted molar refractivity (Wildman–Crippen MR) is 92.4 cm³/mol. The number of methoxy groups -OCH3 is 1. The number of nitrogens with zero attached hydrogens (tertiary/aromatic N) is 2. The Morgan fingerprint density at radius 1 is 1.04 bits per heavy atom. The molecule has 3 rings (SSSR count). The summed E-state index contributed by atoms with van der Waals surface area (Å²) in [5, 5.41) is 0. The van der Waals surface area contributed by atoms with Crippen LogP contribution in [0.25, 0.3) is 0 Å². The molecule has 1 fully saturated rings. The van der Waals surface area contributed by atoms with Crippen LogP contribution in [0.4, 0.5) is 4.79 Å². The van der Waals surface area contributed by atoms with Crippen molar-refractivity contribution in [3.05, 3.63) is 60.2 Å². The lowest BCUT2D eigenvalue weighted by Gasteiger charge is -2.39. The number of likely N-dealkylation sites (N-methyl/N-ethyl adjacent to an activating group) is 1. The molecular weight excluding hydrogens is 304 g/mol. The van der Waals surface area contributed by atoms with E-state index in [1.807, 2.05) is 42.5 Å². The van der Waals surface area contributed by atoms with E-state index >= 15 is 0 Å². The van der Waals surface area contributed by atoms with Gasteiger partial charge in [-0.1, -0.05) is 36.4 Å². The number of carbonyl (C=O) groups excluding carboxylic acids is 1. The number of carbonyl (C=O) groups is 1. The summed E-state index contributed by atoms with van der Waals surface area (Å²) >= 11 is 0. The molecular formula is C19H22N2O3. The average Bonchev–Trinajstić information content (AvgIpc) is 2.63. The van der Waals surface area contributed by atoms with Gasteiger partial charge in [-0.3, -0.25) is 4.90 Å². The van der Waals surface area contributed by atoms with Crippen LogP contribution in [0.2, 0.25) is 0 Å². The van der Waals surface area contributed by atoms with Gasteiger partial charge in [-0.05, 0) is 25.2 Å². The second-order valence-electron chi connectivity index (χ2n) is 5.87. The van der Waals surface area contributed by atoms with Crippen LogP contribution in [0.1, 0.15) is 11.6 Å². The number of rotatable bonds is 3. The van der Waals surface area contributed by atoms with E-state index in [4.69, 9.17) is 9.47 Å². The van der Waals surface area contributed by atoms with E-state index in [9.17, 15) is 4.79 Å². The fourth-order valence-corrected chi connectivity index (χ4v) is 2.97. The molecule has 1 unspecified atom stereocenters. The van der Waals surface area contributed by atoms with E-state index in [2.05, 4.69) is 11.9 Å². The molecule has 1 atom stereocenters. The third-order valence-corrected chi connectivity index (χ3v) is 4.35. The first-order chi connectivity index (χ1) is 11.7. The number of ether oxygens (including phenoxy) is 2. The van der Waals surface area contributed by atoms with Gasteiger partial charge in [-0.2, -0.15) is 0 Å². The quantitative estimate of drug-likeness (QED) is 0.869. The maximum absolute atomic E-state index is 12.5. The number of para-hydroxylation sites is 2. The van der Waals surface area contributed by atoms with Crippen LogP contribution >= 0.6 is 0 Å². The Morgan fingerprint density at radius 3 is 2.50 bits per heavy atom. The normalized spacial score (nSPS) is 18.2. The molecule has 2 aromatic rings. The van der Waals surface area contributed by atoms with Gasteiger partial charge in [0, 0.05) is 25.2 Å². The average molecular weight is 326 g/mol. The molecule has 126 valence electrons.